The molecule has 30 heavy (non-hydrogen) atoms. The van der Waals surface area contributed by atoms with E-state index in [0.29, 0.717) is 27.2 Å². The lowest BCUT2D eigenvalue weighted by Crippen LogP contribution is -2.00. The predicted octanol–water partition coefficient (Wildman–Crippen LogP) is 3.94. The predicted molar refractivity (Wildman–Crippen MR) is 117 cm³/mol. The summed E-state index contributed by atoms with van der Waals surface area (Å²) < 4.78 is 8.23. The molecule has 8 heteroatoms. The number of thiazole rings is 1. The zero-order chi connectivity index (χ0) is 21.1. The van der Waals surface area contributed by atoms with Crippen LogP contribution in [0.4, 0.5) is 0 Å². The molecule has 0 unspecified atom stereocenters. The van der Waals surface area contributed by atoms with E-state index < -0.39 is 5.97 Å². The molecule has 1 aliphatic heterocycles. The fraction of sp³-hybridized carbons (Fsp3) is 0.227. The number of furan rings is 1. The molecule has 154 valence electrons. The van der Waals surface area contributed by atoms with Crippen LogP contribution < -0.4 is 10.8 Å². The zero-order valence-electron chi connectivity index (χ0n) is 16.1. The molecule has 3 heterocycles. The molecule has 1 aromatic carbocycles. The molecule has 1 aliphatic rings. The maximum absolute atomic E-state index is 10.6. The monoisotopic (exact) mass is 440 g/mol. The van der Waals surface area contributed by atoms with Gasteiger partial charge in [0, 0.05) is 36.0 Å². The van der Waals surface area contributed by atoms with Crippen molar-refractivity contribution in [2.45, 2.75) is 32.2 Å². The van der Waals surface area contributed by atoms with Crippen LogP contribution in [0.3, 0.4) is 0 Å². The molecular formula is C22H20N2O4S2. The van der Waals surface area contributed by atoms with Crippen molar-refractivity contribution in [3.63, 3.8) is 0 Å². The summed E-state index contributed by atoms with van der Waals surface area (Å²) in [7, 11) is 0. The molecular weight excluding hydrogens is 420 g/mol. The minimum atomic E-state index is -0.786. The van der Waals surface area contributed by atoms with Crippen LogP contribution in [0.5, 0.6) is 5.88 Å². The van der Waals surface area contributed by atoms with Crippen LogP contribution in [0.15, 0.2) is 45.9 Å². The van der Waals surface area contributed by atoms with Gasteiger partial charge in [0.05, 0.1) is 10.2 Å². The van der Waals surface area contributed by atoms with Crippen molar-refractivity contribution in [2.24, 2.45) is 4.99 Å². The minimum absolute atomic E-state index is 0.116. The van der Waals surface area contributed by atoms with Gasteiger partial charge < -0.3 is 14.6 Å². The SMILES string of the molecule is O=C(O)CCCCCn1c(O)c(/C=c2\cc/c(=c3\ccc4c(c3)C=CN=4)o2)sc1=S. The highest BCUT2D eigenvalue weighted by molar-refractivity contribution is 7.73. The molecule has 0 saturated carbocycles. The van der Waals surface area contributed by atoms with Crippen LogP contribution in [0, 0.1) is 14.6 Å². The number of benzene rings is 1. The maximum Gasteiger partial charge on any atom is 0.303 e. The smallest absolute Gasteiger partial charge is 0.303 e. The Balaban J connectivity index is 1.57. The summed E-state index contributed by atoms with van der Waals surface area (Å²) in [6.07, 6.45) is 7.84. The van der Waals surface area contributed by atoms with Gasteiger partial charge in [-0.3, -0.25) is 14.4 Å². The Morgan fingerprint density at radius 2 is 2.10 bits per heavy atom. The van der Waals surface area contributed by atoms with Crippen molar-refractivity contribution in [1.82, 2.24) is 4.57 Å². The third kappa shape index (κ3) is 4.44. The van der Waals surface area contributed by atoms with Gasteiger partial charge in [-0.05, 0) is 61.5 Å². The van der Waals surface area contributed by atoms with Crippen LogP contribution in [0.2, 0.25) is 0 Å². The minimum Gasteiger partial charge on any atom is -0.493 e. The summed E-state index contributed by atoms with van der Waals surface area (Å²) in [4.78, 5) is 15.5. The van der Waals surface area contributed by atoms with Gasteiger partial charge in [-0.25, -0.2) is 0 Å². The van der Waals surface area contributed by atoms with Gasteiger partial charge in [0.15, 0.2) is 3.95 Å². The van der Waals surface area contributed by atoms with Crippen molar-refractivity contribution in [3.05, 3.63) is 72.3 Å². The Labute approximate surface area is 181 Å². The molecule has 0 atom stereocenters. The summed E-state index contributed by atoms with van der Waals surface area (Å²) in [5.74, 6) is -0.670. The number of rotatable bonds is 7. The molecule has 0 radical (unpaired) electrons. The summed E-state index contributed by atoms with van der Waals surface area (Å²) in [6.45, 7) is 0.561. The van der Waals surface area contributed by atoms with E-state index in [2.05, 4.69) is 4.99 Å². The Hall–Kier alpha value is -2.97. The summed E-state index contributed by atoms with van der Waals surface area (Å²) in [5.41, 5.74) is 2.43. The first-order chi connectivity index (χ1) is 14.5. The van der Waals surface area contributed by atoms with E-state index in [1.54, 1.807) is 16.8 Å². The average molecular weight is 441 g/mol. The molecule has 2 aromatic heterocycles. The Kier molecular flexibility index (Phi) is 5.96. The number of carboxylic acid groups (broad SMARTS) is 1. The Morgan fingerprint density at radius 3 is 2.93 bits per heavy atom. The van der Waals surface area contributed by atoms with E-state index in [4.69, 9.17) is 21.7 Å². The highest BCUT2D eigenvalue weighted by Crippen LogP contribution is 2.27. The lowest BCUT2D eigenvalue weighted by molar-refractivity contribution is -0.137. The summed E-state index contributed by atoms with van der Waals surface area (Å²) in [5, 5.41) is 21.2. The molecule has 0 saturated heterocycles. The van der Waals surface area contributed by atoms with Gasteiger partial charge in [0.2, 0.25) is 5.88 Å². The second kappa shape index (κ2) is 8.81. The van der Waals surface area contributed by atoms with Gasteiger partial charge in [0.25, 0.3) is 0 Å². The Morgan fingerprint density at radius 1 is 1.23 bits per heavy atom. The first kappa shape index (κ1) is 20.3. The molecule has 4 rings (SSSR count). The van der Waals surface area contributed by atoms with Gasteiger partial charge >= 0.3 is 5.97 Å². The fourth-order valence-corrected chi connectivity index (χ4v) is 4.60. The van der Waals surface area contributed by atoms with Gasteiger partial charge in [0.1, 0.15) is 10.8 Å². The van der Waals surface area contributed by atoms with Crippen LogP contribution in [-0.2, 0) is 11.3 Å². The number of aromatic nitrogens is 1. The van der Waals surface area contributed by atoms with Crippen molar-refractivity contribution in [1.29, 1.82) is 0 Å². The summed E-state index contributed by atoms with van der Waals surface area (Å²) in [6, 6.07) is 9.73. The summed E-state index contributed by atoms with van der Waals surface area (Å²) >= 11 is 6.71. The number of hydrogen-bond acceptors (Lipinski definition) is 6. The van der Waals surface area contributed by atoms with Gasteiger partial charge in [-0.2, -0.15) is 0 Å². The van der Waals surface area contributed by atoms with Crippen LogP contribution in [0.25, 0.3) is 12.2 Å². The highest BCUT2D eigenvalue weighted by Gasteiger charge is 2.10. The Bertz CT molecular complexity index is 1400. The molecule has 6 nitrogen and oxygen atoms in total. The molecule has 2 N–H and O–H groups in total. The second-order valence-electron chi connectivity index (χ2n) is 6.98. The van der Waals surface area contributed by atoms with Gasteiger partial charge in [-0.1, -0.05) is 6.42 Å². The normalized spacial score (nSPS) is 14.1. The average Bonchev–Trinajstić information content (AvgIpc) is 3.43. The molecule has 0 bridgehead atoms. The van der Waals surface area contributed by atoms with E-state index in [9.17, 15) is 9.90 Å². The van der Waals surface area contributed by atoms with Gasteiger partial charge in [-0.15, -0.1) is 11.3 Å². The van der Waals surface area contributed by atoms with Crippen molar-refractivity contribution in [2.75, 3.05) is 0 Å². The molecule has 0 aliphatic carbocycles. The quantitative estimate of drug-likeness (QED) is 0.429. The third-order valence-corrected chi connectivity index (χ3v) is 6.23. The van der Waals surface area contributed by atoms with Crippen molar-refractivity contribution >= 4 is 41.7 Å². The second-order valence-corrected chi connectivity index (χ2v) is 8.65. The zero-order valence-corrected chi connectivity index (χ0v) is 17.7. The molecule has 0 spiro atoms. The standard InChI is InChI=1S/C22H20N2O4S2/c25-20(26)4-2-1-3-11-24-21(27)19(30-22(24)29)13-16-6-8-18(28-16)15-5-7-17-14(12-15)9-10-23-17/h5-10,12-13,27H,1-4,11H2,(H,25,26)/b16-13+,18-15-. The topological polar surface area (TPSA) is 88.0 Å². The van der Waals surface area contributed by atoms with Crippen LogP contribution >= 0.6 is 23.6 Å². The third-order valence-electron chi connectivity index (χ3n) is 4.85. The van der Waals surface area contributed by atoms with Crippen molar-refractivity contribution in [3.8, 4) is 5.88 Å². The van der Waals surface area contributed by atoms with E-state index in [-0.39, 0.29) is 12.3 Å². The largest absolute Gasteiger partial charge is 0.493 e. The number of aliphatic carboxylic acids is 1. The van der Waals surface area contributed by atoms with Crippen molar-refractivity contribution < 1.29 is 19.4 Å². The highest BCUT2D eigenvalue weighted by atomic mass is 32.1. The number of fused-ring (bicyclic) bond motifs is 1. The van der Waals surface area contributed by atoms with E-state index >= 15 is 0 Å². The number of aromatic hydroxyl groups is 1. The number of carboxylic acids is 1. The van der Waals surface area contributed by atoms with E-state index in [1.165, 1.54) is 11.3 Å². The first-order valence-corrected chi connectivity index (χ1v) is 10.8. The van der Waals surface area contributed by atoms with Crippen LogP contribution in [0.1, 0.15) is 36.1 Å². The van der Waals surface area contributed by atoms with Crippen LogP contribution in [-0.4, -0.2) is 20.7 Å². The molecule has 3 aromatic rings. The fourth-order valence-electron chi connectivity index (χ4n) is 3.30. The number of unbranched alkanes of at least 4 members (excludes halogenated alkanes) is 2. The number of hydrogen-bond donors (Lipinski definition) is 2. The first-order valence-electron chi connectivity index (χ1n) is 9.62. The maximum atomic E-state index is 10.6. The molecule has 0 fully saturated rings. The number of nitrogens with zero attached hydrogens (tertiary/aromatic N) is 2. The van der Waals surface area contributed by atoms with E-state index in [0.717, 1.165) is 34.4 Å². The molecule has 0 amide bonds. The van der Waals surface area contributed by atoms with E-state index in [1.807, 2.05) is 36.4 Å². The lowest BCUT2D eigenvalue weighted by Gasteiger charge is -2.04. The number of carbonyl (C=O) groups is 1. The lowest BCUT2D eigenvalue weighted by atomic mass is 10.2.